The van der Waals surface area contributed by atoms with Crippen LogP contribution in [0.3, 0.4) is 0 Å². The van der Waals surface area contributed by atoms with Crippen LogP contribution in [0.15, 0.2) is 109 Å². The molecule has 0 N–H and O–H groups in total. The Kier molecular flexibility index (Phi) is 1.94. The lowest BCUT2D eigenvalue weighted by atomic mass is 10.1. The first-order valence-corrected chi connectivity index (χ1v) is 11.1. The Morgan fingerprint density at radius 1 is 0.576 bits per heavy atom. The summed E-state index contributed by atoms with van der Waals surface area (Å²) in [5.41, 5.74) is 0.573. The molecule has 8 rings (SSSR count). The van der Waals surface area contributed by atoms with Gasteiger partial charge in [0.1, 0.15) is 0 Å². The highest BCUT2D eigenvalue weighted by molar-refractivity contribution is 7.26. The molecular weight excluding hydrogens is 420 g/mol. The molecule has 0 unspecified atom stereocenters. The Labute approximate surface area is 209 Å². The van der Waals surface area contributed by atoms with Crippen LogP contribution in [0.5, 0.6) is 0 Å². The van der Waals surface area contributed by atoms with E-state index in [-0.39, 0.29) is 50.6 Å². The molecule has 3 heterocycles. The SMILES string of the molecule is [2H]c1c([2H])c([2H])c(-n2c3c([2H])c([2H])c([2H])c4c3c3c2c([2H])c([2H])c([2H])c3n4-c2cccc3c2sc2ccccc23)c([2H])c1[2H]. The Hall–Kier alpha value is -4.08. The van der Waals surface area contributed by atoms with Crippen LogP contribution in [-0.4, -0.2) is 9.13 Å². The molecule has 0 fully saturated rings. The second-order valence-electron chi connectivity index (χ2n) is 7.79. The molecule has 0 bridgehead atoms. The molecule has 33 heavy (non-hydrogen) atoms. The predicted octanol–water partition coefficient (Wildman–Crippen LogP) is 8.53. The second kappa shape index (κ2) is 6.25. The van der Waals surface area contributed by atoms with Crippen molar-refractivity contribution in [3.05, 3.63) is 109 Å². The summed E-state index contributed by atoms with van der Waals surface area (Å²) in [6, 6.07) is 8.21. The Morgan fingerprint density at radius 2 is 1.21 bits per heavy atom. The van der Waals surface area contributed by atoms with Crippen molar-refractivity contribution in [1.82, 2.24) is 9.13 Å². The minimum absolute atomic E-state index is 0.0275. The molecule has 0 aliphatic heterocycles. The van der Waals surface area contributed by atoms with E-state index in [1.54, 1.807) is 4.57 Å². The van der Waals surface area contributed by atoms with Crippen molar-refractivity contribution < 1.29 is 15.1 Å². The van der Waals surface area contributed by atoms with Gasteiger partial charge in [-0.3, -0.25) is 0 Å². The van der Waals surface area contributed by atoms with Gasteiger partial charge < -0.3 is 9.13 Å². The molecule has 0 radical (unpaired) electrons. The minimum atomic E-state index is -0.615. The van der Waals surface area contributed by atoms with Crippen LogP contribution in [0.4, 0.5) is 0 Å². The summed E-state index contributed by atoms with van der Waals surface area (Å²) in [7, 11) is 0. The third-order valence-electron chi connectivity index (χ3n) is 6.15. The molecule has 5 aromatic carbocycles. The van der Waals surface area contributed by atoms with Gasteiger partial charge in [-0.1, -0.05) is 60.5 Å². The lowest BCUT2D eigenvalue weighted by Crippen LogP contribution is -1.97. The first kappa shape index (κ1) is 10.2. The molecule has 0 amide bonds. The minimum Gasteiger partial charge on any atom is -0.309 e. The number of fused-ring (bicyclic) bond motifs is 3. The topological polar surface area (TPSA) is 9.86 Å². The number of thiophene rings is 1. The average molecular weight is 450 g/mol. The van der Waals surface area contributed by atoms with Gasteiger partial charge in [0, 0.05) is 31.9 Å². The van der Waals surface area contributed by atoms with Crippen LogP contribution in [0.1, 0.15) is 15.1 Å². The van der Waals surface area contributed by atoms with Gasteiger partial charge in [-0.15, -0.1) is 11.3 Å². The molecule has 0 aliphatic carbocycles. The van der Waals surface area contributed by atoms with Crippen molar-refractivity contribution in [1.29, 1.82) is 0 Å². The standard InChI is InChI=1S/C30H18N2S/c1-2-9-19(10-3-1)31-22-13-7-15-24-28(22)29-23(31)14-8-16-25(29)32(24)26-17-6-12-21-20-11-4-5-18-27(20)33-30(21)26/h1-18H/i1D,2D,3D,7D,8D,9D,10D,13D,14D,15D,16D. The van der Waals surface area contributed by atoms with E-state index in [4.69, 9.17) is 15.1 Å². The zero-order valence-corrected chi connectivity index (χ0v) is 17.7. The average Bonchev–Trinajstić information content (AvgIpc) is 3.68. The van der Waals surface area contributed by atoms with E-state index in [1.165, 1.54) is 15.9 Å². The third kappa shape index (κ3) is 2.17. The summed E-state index contributed by atoms with van der Waals surface area (Å²) >= 11 is 1.52. The Bertz CT molecular complexity index is 2460. The van der Waals surface area contributed by atoms with Gasteiger partial charge in [-0.25, -0.2) is 0 Å². The zero-order valence-electron chi connectivity index (χ0n) is 27.8. The van der Waals surface area contributed by atoms with Crippen LogP contribution in [-0.2, 0) is 0 Å². The number of hydrogen-bond donors (Lipinski definition) is 0. The molecule has 0 aliphatic rings. The van der Waals surface area contributed by atoms with Crippen molar-refractivity contribution in [3.63, 3.8) is 0 Å². The van der Waals surface area contributed by atoms with Crippen molar-refractivity contribution in [2.75, 3.05) is 0 Å². The van der Waals surface area contributed by atoms with Crippen molar-refractivity contribution >= 4 is 64.3 Å². The number of hydrogen-bond acceptors (Lipinski definition) is 1. The number of rotatable bonds is 2. The second-order valence-corrected chi connectivity index (χ2v) is 8.84. The lowest BCUT2D eigenvalue weighted by molar-refractivity contribution is 1.16. The van der Waals surface area contributed by atoms with E-state index in [0.29, 0.717) is 5.69 Å². The van der Waals surface area contributed by atoms with Gasteiger partial charge in [-0.2, -0.15) is 0 Å². The third-order valence-corrected chi connectivity index (χ3v) is 7.36. The van der Waals surface area contributed by atoms with E-state index in [1.807, 2.05) is 42.5 Å². The van der Waals surface area contributed by atoms with E-state index in [2.05, 4.69) is 0 Å². The molecule has 154 valence electrons. The first-order valence-electron chi connectivity index (χ1n) is 15.8. The van der Waals surface area contributed by atoms with Gasteiger partial charge >= 0.3 is 0 Å². The summed E-state index contributed by atoms with van der Waals surface area (Å²) in [5, 5.41) is 2.49. The van der Waals surface area contributed by atoms with Crippen molar-refractivity contribution in [2.45, 2.75) is 0 Å². The highest BCUT2D eigenvalue weighted by Gasteiger charge is 2.23. The van der Waals surface area contributed by atoms with Crippen LogP contribution in [0, 0.1) is 0 Å². The maximum atomic E-state index is 9.06. The summed E-state index contributed by atoms with van der Waals surface area (Å²) in [5.74, 6) is 0. The fourth-order valence-electron chi connectivity index (χ4n) is 4.87. The van der Waals surface area contributed by atoms with Gasteiger partial charge in [0.25, 0.3) is 0 Å². The summed E-state index contributed by atoms with van der Waals surface area (Å²) < 4.78 is 100. The van der Waals surface area contributed by atoms with E-state index in [0.717, 1.165) is 20.2 Å². The normalized spacial score (nSPS) is 16.9. The molecule has 0 atom stereocenters. The number of benzene rings is 5. The highest BCUT2D eigenvalue weighted by atomic mass is 32.1. The van der Waals surface area contributed by atoms with Crippen LogP contribution >= 0.6 is 11.3 Å². The predicted molar refractivity (Wildman–Crippen MR) is 142 cm³/mol. The van der Waals surface area contributed by atoms with Gasteiger partial charge in [0.05, 0.1) is 47.5 Å². The number of para-hydroxylation sites is 1. The molecule has 3 heteroatoms. The fraction of sp³-hybridized carbons (Fsp3) is 0. The van der Waals surface area contributed by atoms with Gasteiger partial charge in [0.2, 0.25) is 0 Å². The molecule has 8 aromatic rings. The monoisotopic (exact) mass is 449 g/mol. The molecule has 3 aromatic heterocycles. The molecule has 0 spiro atoms. The quantitative estimate of drug-likeness (QED) is 0.250. The van der Waals surface area contributed by atoms with Gasteiger partial charge in [0.15, 0.2) is 0 Å². The summed E-state index contributed by atoms with van der Waals surface area (Å²) in [4.78, 5) is 0. The zero-order chi connectivity index (χ0) is 31.1. The summed E-state index contributed by atoms with van der Waals surface area (Å²) in [6.07, 6.45) is 0. The van der Waals surface area contributed by atoms with Crippen LogP contribution < -0.4 is 0 Å². The van der Waals surface area contributed by atoms with Gasteiger partial charge in [-0.05, 0) is 48.4 Å². The summed E-state index contributed by atoms with van der Waals surface area (Å²) in [6.45, 7) is 0. The maximum Gasteiger partial charge on any atom is 0.0645 e. The molecular formula is C30H18N2S. The smallest absolute Gasteiger partial charge is 0.0645 e. The maximum absolute atomic E-state index is 9.06. The van der Waals surface area contributed by atoms with E-state index >= 15 is 0 Å². The van der Waals surface area contributed by atoms with Crippen molar-refractivity contribution in [2.24, 2.45) is 0 Å². The largest absolute Gasteiger partial charge is 0.309 e. The van der Waals surface area contributed by atoms with E-state index in [9.17, 15) is 0 Å². The first-order chi connectivity index (χ1) is 21.0. The van der Waals surface area contributed by atoms with Crippen molar-refractivity contribution in [3.8, 4) is 11.4 Å². The lowest BCUT2D eigenvalue weighted by Gasteiger charge is -2.13. The number of nitrogens with zero attached hydrogens (tertiary/aromatic N) is 2. The number of aromatic nitrogens is 2. The Balaban J connectivity index is 1.68. The van der Waals surface area contributed by atoms with E-state index < -0.39 is 54.4 Å². The Morgan fingerprint density at radius 3 is 1.94 bits per heavy atom. The fourth-order valence-corrected chi connectivity index (χ4v) is 6.08. The molecule has 2 nitrogen and oxygen atoms in total. The molecule has 0 saturated heterocycles. The molecule has 0 saturated carbocycles. The highest BCUT2D eigenvalue weighted by Crippen LogP contribution is 2.44. The van der Waals surface area contributed by atoms with Crippen LogP contribution in [0.25, 0.3) is 64.4 Å². The van der Waals surface area contributed by atoms with Crippen LogP contribution in [0.2, 0.25) is 0 Å².